The number of aromatic nitrogens is 1. The zero-order valence-electron chi connectivity index (χ0n) is 11.8. The second-order valence-electron chi connectivity index (χ2n) is 5.35. The molecule has 0 aliphatic heterocycles. The summed E-state index contributed by atoms with van der Waals surface area (Å²) < 4.78 is 5.52. The van der Waals surface area contributed by atoms with E-state index in [-0.39, 0.29) is 6.61 Å². The minimum atomic E-state index is 0.227. The smallest absolute Gasteiger partial charge is 0.192 e. The van der Waals surface area contributed by atoms with Gasteiger partial charge in [0.15, 0.2) is 11.5 Å². The van der Waals surface area contributed by atoms with Crippen molar-refractivity contribution in [3.63, 3.8) is 0 Å². The van der Waals surface area contributed by atoms with Crippen LogP contribution in [-0.2, 0) is 6.54 Å². The van der Waals surface area contributed by atoms with Crippen LogP contribution >= 0.6 is 0 Å². The molecule has 0 aliphatic carbocycles. The number of aliphatic hydroxyl groups excluding tert-OH is 1. The van der Waals surface area contributed by atoms with Gasteiger partial charge in [-0.2, -0.15) is 0 Å². The van der Waals surface area contributed by atoms with Crippen molar-refractivity contribution in [1.29, 1.82) is 0 Å². The van der Waals surface area contributed by atoms with Gasteiger partial charge in [-0.25, -0.2) is 4.98 Å². The molecule has 0 fully saturated rings. The fourth-order valence-electron chi connectivity index (χ4n) is 2.11. The third-order valence-corrected chi connectivity index (χ3v) is 3.47. The summed E-state index contributed by atoms with van der Waals surface area (Å²) in [5.41, 5.74) is 2.90. The lowest BCUT2D eigenvalue weighted by molar-refractivity contribution is 0.186. The van der Waals surface area contributed by atoms with Gasteiger partial charge in [0.25, 0.3) is 0 Å². The van der Waals surface area contributed by atoms with Gasteiger partial charge in [0.2, 0.25) is 0 Å². The molecule has 1 aromatic carbocycles. The number of aryl methyl sites for hydroxylation is 1. The lowest BCUT2D eigenvalue weighted by atomic mass is 9.97. The number of fused-ring (bicyclic) bond motifs is 1. The fraction of sp³-hybridized carbons (Fsp3) is 0.533. The van der Waals surface area contributed by atoms with Crippen LogP contribution in [0.4, 0.5) is 0 Å². The Balaban J connectivity index is 1.94. The van der Waals surface area contributed by atoms with Crippen LogP contribution in [0.2, 0.25) is 0 Å². The van der Waals surface area contributed by atoms with Crippen molar-refractivity contribution in [3.8, 4) is 0 Å². The highest BCUT2D eigenvalue weighted by atomic mass is 16.3. The van der Waals surface area contributed by atoms with E-state index in [1.807, 2.05) is 19.1 Å². The Morgan fingerprint density at radius 1 is 1.37 bits per heavy atom. The second kappa shape index (κ2) is 6.17. The molecule has 0 spiro atoms. The third kappa shape index (κ3) is 3.55. The summed E-state index contributed by atoms with van der Waals surface area (Å²) >= 11 is 0. The molecular formula is C15H22N2O2. The first-order valence-corrected chi connectivity index (χ1v) is 6.77. The van der Waals surface area contributed by atoms with Gasteiger partial charge in [-0.05, 0) is 29.5 Å². The number of nitrogens with zero attached hydrogens (tertiary/aromatic N) is 1. The number of aliphatic hydroxyl groups is 1. The largest absolute Gasteiger partial charge is 0.441 e. The molecule has 19 heavy (non-hydrogen) atoms. The summed E-state index contributed by atoms with van der Waals surface area (Å²) in [6.07, 6.45) is 0. The highest BCUT2D eigenvalue weighted by Gasteiger charge is 2.11. The van der Waals surface area contributed by atoms with Gasteiger partial charge in [0, 0.05) is 26.6 Å². The molecule has 0 amide bonds. The first kappa shape index (κ1) is 14.0. The van der Waals surface area contributed by atoms with E-state index in [1.54, 1.807) is 0 Å². The monoisotopic (exact) mass is 262 g/mol. The van der Waals surface area contributed by atoms with Crippen molar-refractivity contribution in [2.45, 2.75) is 27.3 Å². The van der Waals surface area contributed by atoms with E-state index in [2.05, 4.69) is 30.2 Å². The number of hydrogen-bond donors (Lipinski definition) is 2. The third-order valence-electron chi connectivity index (χ3n) is 3.47. The molecule has 0 bridgehead atoms. The van der Waals surface area contributed by atoms with Crippen molar-refractivity contribution in [1.82, 2.24) is 10.3 Å². The van der Waals surface area contributed by atoms with E-state index in [4.69, 9.17) is 4.42 Å². The van der Waals surface area contributed by atoms with Gasteiger partial charge in [-0.15, -0.1) is 0 Å². The normalized spacial score (nSPS) is 13.3. The molecule has 0 saturated carbocycles. The molecule has 0 aliphatic rings. The van der Waals surface area contributed by atoms with Crippen LogP contribution in [0.3, 0.4) is 0 Å². The lowest BCUT2D eigenvalue weighted by Gasteiger charge is -2.18. The van der Waals surface area contributed by atoms with Crippen molar-refractivity contribution in [2.24, 2.45) is 11.8 Å². The average molecular weight is 262 g/mol. The molecule has 1 atom stereocenters. The molecule has 2 N–H and O–H groups in total. The Labute approximate surface area is 113 Å². The van der Waals surface area contributed by atoms with Gasteiger partial charge in [0.05, 0.1) is 0 Å². The number of oxazole rings is 1. The average Bonchev–Trinajstić information content (AvgIpc) is 2.73. The predicted molar refractivity (Wildman–Crippen MR) is 75.9 cm³/mol. The van der Waals surface area contributed by atoms with Crippen LogP contribution in [-0.4, -0.2) is 23.2 Å². The van der Waals surface area contributed by atoms with E-state index in [0.717, 1.165) is 24.2 Å². The Bertz CT molecular complexity index is 534. The maximum atomic E-state index is 9.27. The number of nitrogens with one attached hydrogen (secondary N) is 1. The first-order valence-electron chi connectivity index (χ1n) is 6.77. The van der Waals surface area contributed by atoms with E-state index >= 15 is 0 Å². The Morgan fingerprint density at radius 2 is 2.16 bits per heavy atom. The van der Waals surface area contributed by atoms with E-state index < -0.39 is 0 Å². The highest BCUT2D eigenvalue weighted by Crippen LogP contribution is 2.17. The summed E-state index contributed by atoms with van der Waals surface area (Å²) in [6, 6.07) is 6.06. The zero-order chi connectivity index (χ0) is 13.8. The molecule has 104 valence electrons. The second-order valence-corrected chi connectivity index (χ2v) is 5.35. The van der Waals surface area contributed by atoms with E-state index in [9.17, 15) is 5.11 Å². The van der Waals surface area contributed by atoms with Crippen LogP contribution < -0.4 is 5.32 Å². The molecule has 2 aromatic rings. The van der Waals surface area contributed by atoms with Crippen molar-refractivity contribution in [2.75, 3.05) is 13.2 Å². The molecule has 0 radical (unpaired) electrons. The van der Waals surface area contributed by atoms with Crippen LogP contribution in [0.5, 0.6) is 0 Å². The maximum absolute atomic E-state index is 9.27. The van der Waals surface area contributed by atoms with Gasteiger partial charge in [-0.1, -0.05) is 19.9 Å². The molecule has 1 aromatic heterocycles. The molecule has 1 heterocycles. The van der Waals surface area contributed by atoms with Crippen LogP contribution in [0, 0.1) is 18.8 Å². The standard InChI is InChI=1S/C15H22N2O2/c1-10(2)13(9-18)8-16-7-12-4-5-14-15(6-12)19-11(3)17-14/h4-6,10,13,16,18H,7-9H2,1-3H3. The summed E-state index contributed by atoms with van der Waals surface area (Å²) in [4.78, 5) is 4.28. The van der Waals surface area contributed by atoms with Crippen LogP contribution in [0.25, 0.3) is 11.1 Å². The minimum Gasteiger partial charge on any atom is -0.441 e. The Kier molecular flexibility index (Phi) is 4.56. The SMILES string of the molecule is Cc1nc2ccc(CNCC(CO)C(C)C)cc2o1. The molecule has 4 heteroatoms. The topological polar surface area (TPSA) is 58.3 Å². The lowest BCUT2D eigenvalue weighted by Crippen LogP contribution is -2.28. The first-order chi connectivity index (χ1) is 9.10. The fourth-order valence-corrected chi connectivity index (χ4v) is 2.11. The zero-order valence-corrected chi connectivity index (χ0v) is 11.8. The van der Waals surface area contributed by atoms with Gasteiger partial charge in [0.1, 0.15) is 5.52 Å². The van der Waals surface area contributed by atoms with Crippen molar-refractivity contribution in [3.05, 3.63) is 29.7 Å². The molecule has 1 unspecified atom stereocenters. The Hall–Kier alpha value is -1.39. The summed E-state index contributed by atoms with van der Waals surface area (Å²) in [5, 5.41) is 12.7. The summed E-state index contributed by atoms with van der Waals surface area (Å²) in [5.74, 6) is 1.48. The summed E-state index contributed by atoms with van der Waals surface area (Å²) in [6.45, 7) is 7.94. The van der Waals surface area contributed by atoms with E-state index in [0.29, 0.717) is 17.7 Å². The van der Waals surface area contributed by atoms with Gasteiger partial charge in [-0.3, -0.25) is 0 Å². The Morgan fingerprint density at radius 3 is 2.84 bits per heavy atom. The van der Waals surface area contributed by atoms with Crippen molar-refractivity contribution >= 4 is 11.1 Å². The number of benzene rings is 1. The van der Waals surface area contributed by atoms with E-state index in [1.165, 1.54) is 5.56 Å². The molecule has 0 saturated heterocycles. The molecular weight excluding hydrogens is 240 g/mol. The van der Waals surface area contributed by atoms with Crippen LogP contribution in [0.15, 0.2) is 22.6 Å². The van der Waals surface area contributed by atoms with Crippen LogP contribution in [0.1, 0.15) is 25.3 Å². The summed E-state index contributed by atoms with van der Waals surface area (Å²) in [7, 11) is 0. The molecule has 4 nitrogen and oxygen atoms in total. The molecule has 2 rings (SSSR count). The quantitative estimate of drug-likeness (QED) is 0.839. The maximum Gasteiger partial charge on any atom is 0.192 e. The number of hydrogen-bond acceptors (Lipinski definition) is 4. The van der Waals surface area contributed by atoms with Gasteiger partial charge < -0.3 is 14.8 Å². The minimum absolute atomic E-state index is 0.227. The van der Waals surface area contributed by atoms with Gasteiger partial charge >= 0.3 is 0 Å². The van der Waals surface area contributed by atoms with Crippen molar-refractivity contribution < 1.29 is 9.52 Å². The highest BCUT2D eigenvalue weighted by molar-refractivity contribution is 5.73. The predicted octanol–water partition coefficient (Wildman–Crippen LogP) is 2.49. The number of rotatable bonds is 6.